The van der Waals surface area contributed by atoms with E-state index in [0.29, 0.717) is 0 Å². The van der Waals surface area contributed by atoms with Gasteiger partial charge in [-0.25, -0.2) is 4.98 Å². The molecule has 0 aromatic carbocycles. The number of piperidine rings is 1. The van der Waals surface area contributed by atoms with E-state index in [9.17, 15) is 0 Å². The van der Waals surface area contributed by atoms with Gasteiger partial charge < -0.3 is 25.3 Å². The Morgan fingerprint density at radius 1 is 1.14 bits per heavy atom. The molecule has 3 heterocycles. The van der Waals surface area contributed by atoms with E-state index in [0.717, 1.165) is 63.5 Å². The van der Waals surface area contributed by atoms with Crippen LogP contribution in [0.25, 0.3) is 0 Å². The molecule has 0 saturated carbocycles. The predicted octanol–water partition coefficient (Wildman–Crippen LogP) is 1.76. The first-order chi connectivity index (χ1) is 14.2. The molecule has 7 nitrogen and oxygen atoms in total. The van der Waals surface area contributed by atoms with Gasteiger partial charge in [-0.15, -0.1) is 0 Å². The molecule has 7 heteroatoms. The Hall–Kier alpha value is -1.86. The number of aliphatic imine (C=N–C) groups is 1. The molecule has 1 aromatic rings. The molecule has 2 fully saturated rings. The van der Waals surface area contributed by atoms with Gasteiger partial charge in [0.05, 0.1) is 0 Å². The number of anilines is 1. The normalized spacial score (nSPS) is 22.0. The minimum Gasteiger partial charge on any atom is -0.356 e. The third-order valence-electron chi connectivity index (χ3n) is 6.18. The molecule has 1 unspecified atom stereocenters. The Balaban J connectivity index is 1.35. The summed E-state index contributed by atoms with van der Waals surface area (Å²) in [4.78, 5) is 16.4. The summed E-state index contributed by atoms with van der Waals surface area (Å²) in [7, 11) is 4.01. The summed E-state index contributed by atoms with van der Waals surface area (Å²) < 4.78 is 0. The van der Waals surface area contributed by atoms with Crippen LogP contribution in [-0.2, 0) is 6.54 Å². The number of guanidine groups is 1. The SMILES string of the molecule is CN=C(NCCCN1CCCCC1C)NCc1ccc(N2CCN(C)CC2)nc1. The maximum absolute atomic E-state index is 4.67. The highest BCUT2D eigenvalue weighted by Crippen LogP contribution is 2.16. The molecule has 1 atom stereocenters. The molecular weight excluding hydrogens is 362 g/mol. The average Bonchev–Trinajstić information content (AvgIpc) is 2.75. The van der Waals surface area contributed by atoms with Crippen LogP contribution in [0.2, 0.25) is 0 Å². The molecule has 0 bridgehead atoms. The van der Waals surface area contributed by atoms with Crippen molar-refractivity contribution in [3.8, 4) is 0 Å². The molecule has 0 aliphatic carbocycles. The molecule has 162 valence electrons. The van der Waals surface area contributed by atoms with Crippen molar-refractivity contribution < 1.29 is 0 Å². The Morgan fingerprint density at radius 2 is 1.97 bits per heavy atom. The molecule has 0 radical (unpaired) electrons. The molecule has 2 aliphatic rings. The van der Waals surface area contributed by atoms with Gasteiger partial charge >= 0.3 is 0 Å². The lowest BCUT2D eigenvalue weighted by atomic mass is 10.0. The van der Waals surface area contributed by atoms with Crippen LogP contribution in [0.3, 0.4) is 0 Å². The topological polar surface area (TPSA) is 59.0 Å². The minimum atomic E-state index is 0.735. The Kier molecular flexibility index (Phi) is 8.55. The largest absolute Gasteiger partial charge is 0.356 e. The van der Waals surface area contributed by atoms with E-state index in [-0.39, 0.29) is 0 Å². The van der Waals surface area contributed by atoms with Gasteiger partial charge in [-0.1, -0.05) is 12.5 Å². The highest BCUT2D eigenvalue weighted by molar-refractivity contribution is 5.79. The fourth-order valence-corrected chi connectivity index (χ4v) is 4.13. The number of hydrogen-bond acceptors (Lipinski definition) is 5. The third kappa shape index (κ3) is 6.85. The Morgan fingerprint density at radius 3 is 2.66 bits per heavy atom. The van der Waals surface area contributed by atoms with Gasteiger partial charge in [0, 0.05) is 65.1 Å². The molecule has 0 spiro atoms. The van der Waals surface area contributed by atoms with E-state index in [2.05, 4.69) is 61.4 Å². The highest BCUT2D eigenvalue weighted by atomic mass is 15.3. The Bertz CT molecular complexity index is 623. The van der Waals surface area contributed by atoms with Crippen LogP contribution < -0.4 is 15.5 Å². The zero-order valence-corrected chi connectivity index (χ0v) is 18.5. The number of likely N-dealkylation sites (N-methyl/N-ethyl adjacent to an activating group) is 1. The summed E-state index contributed by atoms with van der Waals surface area (Å²) >= 11 is 0. The zero-order valence-electron chi connectivity index (χ0n) is 18.5. The average molecular weight is 402 g/mol. The lowest BCUT2D eigenvalue weighted by Gasteiger charge is -2.33. The van der Waals surface area contributed by atoms with E-state index in [1.165, 1.54) is 37.9 Å². The first-order valence-corrected chi connectivity index (χ1v) is 11.2. The first-order valence-electron chi connectivity index (χ1n) is 11.2. The Labute approximate surface area is 176 Å². The molecule has 0 amide bonds. The van der Waals surface area contributed by atoms with Crippen molar-refractivity contribution in [3.05, 3.63) is 23.9 Å². The number of piperazine rings is 1. The minimum absolute atomic E-state index is 0.735. The summed E-state index contributed by atoms with van der Waals surface area (Å²) in [5.74, 6) is 1.94. The van der Waals surface area contributed by atoms with Gasteiger partial charge in [0.1, 0.15) is 5.82 Å². The fraction of sp³-hybridized carbons (Fsp3) is 0.727. The van der Waals surface area contributed by atoms with Crippen molar-refractivity contribution in [2.24, 2.45) is 4.99 Å². The van der Waals surface area contributed by atoms with Crippen LogP contribution in [0, 0.1) is 0 Å². The number of likely N-dealkylation sites (tertiary alicyclic amines) is 1. The van der Waals surface area contributed by atoms with Gasteiger partial charge in [0.2, 0.25) is 0 Å². The van der Waals surface area contributed by atoms with Crippen molar-refractivity contribution >= 4 is 11.8 Å². The van der Waals surface area contributed by atoms with Crippen molar-refractivity contribution in [1.29, 1.82) is 0 Å². The lowest BCUT2D eigenvalue weighted by Crippen LogP contribution is -2.44. The molecular formula is C22H39N7. The van der Waals surface area contributed by atoms with E-state index in [1.54, 1.807) is 0 Å². The second-order valence-electron chi connectivity index (χ2n) is 8.40. The standard InChI is InChI=1S/C22H39N7/c1-19-7-4-5-11-28(19)12-6-10-24-22(23-2)26-18-20-8-9-21(25-17-20)29-15-13-27(3)14-16-29/h8-9,17,19H,4-7,10-16,18H2,1-3H3,(H2,23,24,26). The van der Waals surface area contributed by atoms with Crippen molar-refractivity contribution in [2.45, 2.75) is 45.2 Å². The second kappa shape index (κ2) is 11.4. The summed E-state index contributed by atoms with van der Waals surface area (Å²) in [6.45, 7) is 10.8. The van der Waals surface area contributed by atoms with Crippen LogP contribution >= 0.6 is 0 Å². The summed E-state index contributed by atoms with van der Waals surface area (Å²) in [6.07, 6.45) is 7.20. The van der Waals surface area contributed by atoms with Crippen molar-refractivity contribution in [1.82, 2.24) is 25.4 Å². The van der Waals surface area contributed by atoms with Crippen LogP contribution in [0.4, 0.5) is 5.82 Å². The smallest absolute Gasteiger partial charge is 0.191 e. The lowest BCUT2D eigenvalue weighted by molar-refractivity contribution is 0.159. The molecule has 3 rings (SSSR count). The van der Waals surface area contributed by atoms with E-state index in [4.69, 9.17) is 0 Å². The predicted molar refractivity (Wildman–Crippen MR) is 122 cm³/mol. The van der Waals surface area contributed by atoms with Gasteiger partial charge in [-0.3, -0.25) is 4.99 Å². The summed E-state index contributed by atoms with van der Waals surface area (Å²) in [5, 5.41) is 6.84. The van der Waals surface area contributed by atoms with E-state index < -0.39 is 0 Å². The fourth-order valence-electron chi connectivity index (χ4n) is 4.13. The number of aromatic nitrogens is 1. The van der Waals surface area contributed by atoms with Crippen LogP contribution in [0.15, 0.2) is 23.3 Å². The van der Waals surface area contributed by atoms with Crippen LogP contribution in [-0.4, -0.2) is 86.7 Å². The van der Waals surface area contributed by atoms with Crippen molar-refractivity contribution in [2.75, 3.05) is 64.8 Å². The third-order valence-corrected chi connectivity index (χ3v) is 6.18. The number of rotatable bonds is 7. The molecule has 2 N–H and O–H groups in total. The quantitative estimate of drug-likeness (QED) is 0.413. The molecule has 29 heavy (non-hydrogen) atoms. The molecule has 2 saturated heterocycles. The monoisotopic (exact) mass is 401 g/mol. The molecule has 1 aromatic heterocycles. The van der Waals surface area contributed by atoms with Gasteiger partial charge in [0.25, 0.3) is 0 Å². The van der Waals surface area contributed by atoms with Gasteiger partial charge in [-0.2, -0.15) is 0 Å². The van der Waals surface area contributed by atoms with E-state index >= 15 is 0 Å². The maximum Gasteiger partial charge on any atom is 0.191 e. The first kappa shape index (κ1) is 21.8. The summed E-state index contributed by atoms with van der Waals surface area (Å²) in [6, 6.07) is 5.04. The number of nitrogens with one attached hydrogen (secondary N) is 2. The van der Waals surface area contributed by atoms with Crippen LogP contribution in [0.1, 0.15) is 38.2 Å². The second-order valence-corrected chi connectivity index (χ2v) is 8.40. The van der Waals surface area contributed by atoms with Crippen molar-refractivity contribution in [3.63, 3.8) is 0 Å². The van der Waals surface area contributed by atoms with Crippen LogP contribution in [0.5, 0.6) is 0 Å². The van der Waals surface area contributed by atoms with Gasteiger partial charge in [-0.05, 0) is 51.4 Å². The number of pyridine rings is 1. The zero-order chi connectivity index (χ0) is 20.5. The number of nitrogens with zero attached hydrogens (tertiary/aromatic N) is 5. The summed E-state index contributed by atoms with van der Waals surface area (Å²) in [5.41, 5.74) is 1.17. The van der Waals surface area contributed by atoms with Gasteiger partial charge in [0.15, 0.2) is 5.96 Å². The van der Waals surface area contributed by atoms with E-state index in [1.807, 2.05) is 13.2 Å². The number of hydrogen-bond donors (Lipinski definition) is 2. The maximum atomic E-state index is 4.67. The highest BCUT2D eigenvalue weighted by Gasteiger charge is 2.17. The molecule has 2 aliphatic heterocycles.